The van der Waals surface area contributed by atoms with Gasteiger partial charge in [0.25, 0.3) is 0 Å². The molecule has 114 valence electrons. The summed E-state index contributed by atoms with van der Waals surface area (Å²) in [7, 11) is 5.18. The van der Waals surface area contributed by atoms with Gasteiger partial charge in [-0.15, -0.1) is 0 Å². The summed E-state index contributed by atoms with van der Waals surface area (Å²) in [6.07, 6.45) is 1.25. The Morgan fingerprint density at radius 3 is 2.76 bits per heavy atom. The average Bonchev–Trinajstić information content (AvgIpc) is 2.94. The summed E-state index contributed by atoms with van der Waals surface area (Å²) >= 11 is 0. The molecule has 0 spiro atoms. The molecule has 0 amide bonds. The van der Waals surface area contributed by atoms with Crippen LogP contribution in [0.1, 0.15) is 24.2 Å². The van der Waals surface area contributed by atoms with Gasteiger partial charge in [0.15, 0.2) is 5.82 Å². The molecule has 1 N–H and O–H groups in total. The Hall–Kier alpha value is -2.08. The quantitative estimate of drug-likeness (QED) is 0.839. The lowest BCUT2D eigenvalue weighted by Gasteiger charge is -2.08. The monoisotopic (exact) mass is 291 g/mol. The number of likely N-dealkylation sites (N-methyl/N-ethyl adjacent to an activating group) is 1. The van der Waals surface area contributed by atoms with E-state index in [0.717, 1.165) is 23.5 Å². The summed E-state index contributed by atoms with van der Waals surface area (Å²) < 4.78 is 15.9. The number of rotatable bonds is 7. The lowest BCUT2D eigenvalue weighted by atomic mass is 10.1. The molecule has 0 aliphatic rings. The first kappa shape index (κ1) is 15.3. The van der Waals surface area contributed by atoms with Crippen molar-refractivity contribution in [1.82, 2.24) is 15.5 Å². The van der Waals surface area contributed by atoms with Gasteiger partial charge in [-0.2, -0.15) is 4.98 Å². The predicted octanol–water partition coefficient (Wildman–Crippen LogP) is 1.83. The van der Waals surface area contributed by atoms with E-state index in [2.05, 4.69) is 22.4 Å². The molecule has 2 aromatic rings. The Kier molecular flexibility index (Phi) is 5.16. The van der Waals surface area contributed by atoms with E-state index in [1.54, 1.807) is 14.2 Å². The third-order valence-electron chi connectivity index (χ3n) is 3.32. The summed E-state index contributed by atoms with van der Waals surface area (Å²) in [5.41, 5.74) is 0.953. The van der Waals surface area contributed by atoms with Crippen molar-refractivity contribution in [3.05, 3.63) is 35.5 Å². The second kappa shape index (κ2) is 7.08. The van der Waals surface area contributed by atoms with Crippen LogP contribution >= 0.6 is 0 Å². The lowest BCUT2D eigenvalue weighted by Crippen LogP contribution is -2.24. The molecule has 0 aliphatic carbocycles. The van der Waals surface area contributed by atoms with Gasteiger partial charge in [-0.05, 0) is 32.2 Å². The number of nitrogens with zero attached hydrogens (tertiary/aromatic N) is 2. The Morgan fingerprint density at radius 1 is 1.29 bits per heavy atom. The van der Waals surface area contributed by atoms with Crippen molar-refractivity contribution >= 4 is 0 Å². The third-order valence-corrected chi connectivity index (χ3v) is 3.32. The van der Waals surface area contributed by atoms with Crippen molar-refractivity contribution in [2.45, 2.75) is 25.8 Å². The highest BCUT2D eigenvalue weighted by molar-refractivity contribution is 5.41. The molecule has 0 fully saturated rings. The molecule has 6 nitrogen and oxygen atoms in total. The van der Waals surface area contributed by atoms with Crippen LogP contribution in [-0.2, 0) is 12.8 Å². The molecule has 21 heavy (non-hydrogen) atoms. The highest BCUT2D eigenvalue weighted by Gasteiger charge is 2.13. The van der Waals surface area contributed by atoms with Crippen LogP contribution in [0.4, 0.5) is 0 Å². The van der Waals surface area contributed by atoms with E-state index in [9.17, 15) is 0 Å². The van der Waals surface area contributed by atoms with Gasteiger partial charge < -0.3 is 19.3 Å². The molecule has 2 rings (SSSR count). The zero-order valence-corrected chi connectivity index (χ0v) is 12.8. The molecule has 0 saturated heterocycles. The Balaban J connectivity index is 2.14. The lowest BCUT2D eigenvalue weighted by molar-refractivity contribution is 0.371. The van der Waals surface area contributed by atoms with Crippen molar-refractivity contribution in [3.63, 3.8) is 0 Å². The van der Waals surface area contributed by atoms with Gasteiger partial charge in [-0.1, -0.05) is 5.16 Å². The second-order valence-electron chi connectivity index (χ2n) is 4.85. The maximum atomic E-state index is 5.35. The Labute approximate surface area is 124 Å². The van der Waals surface area contributed by atoms with E-state index in [-0.39, 0.29) is 0 Å². The van der Waals surface area contributed by atoms with E-state index in [1.807, 2.05) is 25.2 Å². The van der Waals surface area contributed by atoms with Crippen LogP contribution in [0.15, 0.2) is 22.7 Å². The van der Waals surface area contributed by atoms with Crippen LogP contribution in [0.25, 0.3) is 0 Å². The highest BCUT2D eigenvalue weighted by Crippen LogP contribution is 2.25. The van der Waals surface area contributed by atoms with Crippen molar-refractivity contribution in [2.24, 2.45) is 0 Å². The molecule has 0 aliphatic heterocycles. The highest BCUT2D eigenvalue weighted by atomic mass is 16.5. The number of ether oxygens (including phenoxy) is 2. The standard InChI is InChI=1S/C15H21N3O3/c1-10(16-2)7-14-17-15(21-18-14)9-11-8-12(19-3)5-6-13(11)20-4/h5-6,8,10,16H,7,9H2,1-4H3. The smallest absolute Gasteiger partial charge is 0.231 e. The van der Waals surface area contributed by atoms with Crippen LogP contribution in [0.2, 0.25) is 0 Å². The molecule has 0 bridgehead atoms. The fourth-order valence-corrected chi connectivity index (χ4v) is 2.00. The van der Waals surface area contributed by atoms with Gasteiger partial charge in [-0.3, -0.25) is 0 Å². The molecular weight excluding hydrogens is 270 g/mol. The minimum absolute atomic E-state index is 0.307. The first-order valence-electron chi connectivity index (χ1n) is 6.86. The van der Waals surface area contributed by atoms with Crippen molar-refractivity contribution in [3.8, 4) is 11.5 Å². The normalized spacial score (nSPS) is 12.2. The summed E-state index contributed by atoms with van der Waals surface area (Å²) in [5, 5.41) is 7.15. The topological polar surface area (TPSA) is 69.4 Å². The van der Waals surface area contributed by atoms with E-state index in [4.69, 9.17) is 14.0 Å². The average molecular weight is 291 g/mol. The summed E-state index contributed by atoms with van der Waals surface area (Å²) in [4.78, 5) is 4.41. The van der Waals surface area contributed by atoms with E-state index in [1.165, 1.54) is 0 Å². The molecule has 1 unspecified atom stereocenters. The molecule has 1 heterocycles. The molecule has 6 heteroatoms. The molecule has 1 aromatic heterocycles. The van der Waals surface area contributed by atoms with Gasteiger partial charge in [0, 0.05) is 18.0 Å². The SMILES string of the molecule is CNC(C)Cc1noc(Cc2cc(OC)ccc2OC)n1. The van der Waals surface area contributed by atoms with Gasteiger partial charge in [-0.25, -0.2) is 0 Å². The van der Waals surface area contributed by atoms with Gasteiger partial charge in [0.1, 0.15) is 11.5 Å². The number of hydrogen-bond acceptors (Lipinski definition) is 6. The fraction of sp³-hybridized carbons (Fsp3) is 0.467. The number of hydrogen-bond donors (Lipinski definition) is 1. The Morgan fingerprint density at radius 2 is 2.10 bits per heavy atom. The molecule has 1 atom stereocenters. The zero-order valence-electron chi connectivity index (χ0n) is 12.8. The van der Waals surface area contributed by atoms with Gasteiger partial charge in [0.05, 0.1) is 20.6 Å². The first-order valence-corrected chi connectivity index (χ1v) is 6.86. The maximum absolute atomic E-state index is 5.35. The first-order chi connectivity index (χ1) is 10.2. The van der Waals surface area contributed by atoms with Crippen LogP contribution in [0.5, 0.6) is 11.5 Å². The number of benzene rings is 1. The van der Waals surface area contributed by atoms with Crippen molar-refractivity contribution in [2.75, 3.05) is 21.3 Å². The largest absolute Gasteiger partial charge is 0.497 e. The van der Waals surface area contributed by atoms with Crippen LogP contribution < -0.4 is 14.8 Å². The molecule has 1 aromatic carbocycles. The Bertz CT molecular complexity index is 583. The number of nitrogens with one attached hydrogen (secondary N) is 1. The summed E-state index contributed by atoms with van der Waals surface area (Å²) in [6.45, 7) is 2.07. The molecular formula is C15H21N3O3. The van der Waals surface area contributed by atoms with Crippen LogP contribution in [-0.4, -0.2) is 37.4 Å². The van der Waals surface area contributed by atoms with Crippen molar-refractivity contribution in [1.29, 1.82) is 0 Å². The predicted molar refractivity (Wildman–Crippen MR) is 78.9 cm³/mol. The molecule has 0 saturated carbocycles. The van der Waals surface area contributed by atoms with Crippen molar-refractivity contribution < 1.29 is 14.0 Å². The molecule has 0 radical (unpaired) electrons. The minimum atomic E-state index is 0.307. The second-order valence-corrected chi connectivity index (χ2v) is 4.85. The van der Waals surface area contributed by atoms with Crippen LogP contribution in [0.3, 0.4) is 0 Å². The fourth-order valence-electron chi connectivity index (χ4n) is 2.00. The zero-order chi connectivity index (χ0) is 15.2. The van der Waals surface area contributed by atoms with E-state index in [0.29, 0.717) is 24.2 Å². The minimum Gasteiger partial charge on any atom is -0.497 e. The van der Waals surface area contributed by atoms with E-state index >= 15 is 0 Å². The van der Waals surface area contributed by atoms with Crippen LogP contribution in [0, 0.1) is 0 Å². The van der Waals surface area contributed by atoms with Gasteiger partial charge >= 0.3 is 0 Å². The summed E-state index contributed by atoms with van der Waals surface area (Å²) in [5.74, 6) is 2.82. The summed E-state index contributed by atoms with van der Waals surface area (Å²) in [6, 6.07) is 5.95. The van der Waals surface area contributed by atoms with Gasteiger partial charge in [0.2, 0.25) is 5.89 Å². The number of methoxy groups -OCH3 is 2. The third kappa shape index (κ3) is 3.95. The maximum Gasteiger partial charge on any atom is 0.231 e. The van der Waals surface area contributed by atoms with E-state index < -0.39 is 0 Å². The number of aromatic nitrogens is 2.